The van der Waals surface area contributed by atoms with E-state index in [1.165, 1.54) is 0 Å². The molecule has 25 heavy (non-hydrogen) atoms. The first-order chi connectivity index (χ1) is 12.1. The van der Waals surface area contributed by atoms with Gasteiger partial charge in [0.25, 0.3) is 0 Å². The van der Waals surface area contributed by atoms with Crippen molar-refractivity contribution in [2.45, 2.75) is 19.8 Å². The second kappa shape index (κ2) is 7.21. The van der Waals surface area contributed by atoms with Gasteiger partial charge in [-0.15, -0.1) is 0 Å². The Morgan fingerprint density at radius 1 is 1.20 bits per heavy atom. The molecule has 0 unspecified atom stereocenters. The lowest BCUT2D eigenvalue weighted by Gasteiger charge is -2.12. The number of rotatable bonds is 6. The molecule has 128 valence electrons. The minimum absolute atomic E-state index is 0.415. The van der Waals surface area contributed by atoms with E-state index in [9.17, 15) is 9.90 Å². The number of carboxylic acid groups (broad SMARTS) is 1. The Morgan fingerprint density at radius 3 is 2.60 bits per heavy atom. The summed E-state index contributed by atoms with van der Waals surface area (Å²) < 4.78 is 0. The summed E-state index contributed by atoms with van der Waals surface area (Å²) in [6.07, 6.45) is 2.88. The van der Waals surface area contributed by atoms with Crippen molar-refractivity contribution in [3.05, 3.63) is 60.3 Å². The van der Waals surface area contributed by atoms with Crippen molar-refractivity contribution in [2.75, 3.05) is 5.73 Å². The van der Waals surface area contributed by atoms with Crippen LogP contribution in [0.4, 0.5) is 5.69 Å². The summed E-state index contributed by atoms with van der Waals surface area (Å²) in [5, 5.41) is 9.21. The van der Waals surface area contributed by atoms with Crippen LogP contribution in [0.15, 0.2) is 54.7 Å². The zero-order valence-electron chi connectivity index (χ0n) is 14.1. The van der Waals surface area contributed by atoms with Gasteiger partial charge in [0.2, 0.25) is 0 Å². The third-order valence-electron chi connectivity index (χ3n) is 4.38. The molecule has 0 saturated heterocycles. The van der Waals surface area contributed by atoms with Gasteiger partial charge in [-0.1, -0.05) is 49.4 Å². The molecule has 5 nitrogen and oxygen atoms in total. The predicted octanol–water partition coefficient (Wildman–Crippen LogP) is 3.98. The molecule has 0 saturated carbocycles. The minimum Gasteiger partial charge on any atom is -0.481 e. The summed E-state index contributed by atoms with van der Waals surface area (Å²) in [4.78, 5) is 19.0. The second-order valence-electron chi connectivity index (χ2n) is 6.06. The van der Waals surface area contributed by atoms with Gasteiger partial charge in [0.1, 0.15) is 5.82 Å². The number of nitrogen functional groups attached to an aromatic ring is 1. The monoisotopic (exact) mass is 335 g/mol. The standard InChI is InChI=1S/C20H21N3O2/c1-2-13(20(24)25)10-15-8-9-16(11-17(15)21)19-22-12-18(23-19)14-6-4-3-5-7-14/h3-9,11-13H,2,10,21H2,1H3,(H,22,23)(H,24,25)/t13-/m1/s1. The van der Waals surface area contributed by atoms with Crippen molar-refractivity contribution < 1.29 is 9.90 Å². The Balaban J connectivity index is 1.84. The number of H-pyrrole nitrogens is 1. The zero-order chi connectivity index (χ0) is 17.8. The molecular formula is C20H21N3O2. The van der Waals surface area contributed by atoms with Crippen molar-refractivity contribution in [3.63, 3.8) is 0 Å². The number of nitrogens with zero attached hydrogens (tertiary/aromatic N) is 1. The summed E-state index contributed by atoms with van der Waals surface area (Å²) in [5.41, 5.74) is 10.4. The first kappa shape index (κ1) is 16.8. The maximum absolute atomic E-state index is 11.2. The van der Waals surface area contributed by atoms with Crippen LogP contribution in [0.5, 0.6) is 0 Å². The quantitative estimate of drug-likeness (QED) is 0.594. The van der Waals surface area contributed by atoms with Crippen LogP contribution in [-0.2, 0) is 11.2 Å². The number of carboxylic acids is 1. The van der Waals surface area contributed by atoms with E-state index >= 15 is 0 Å². The molecule has 1 heterocycles. The van der Waals surface area contributed by atoms with Gasteiger partial charge in [0.15, 0.2) is 0 Å². The topological polar surface area (TPSA) is 92.0 Å². The van der Waals surface area contributed by atoms with Crippen molar-refractivity contribution in [3.8, 4) is 22.6 Å². The van der Waals surface area contributed by atoms with E-state index in [2.05, 4.69) is 9.97 Å². The van der Waals surface area contributed by atoms with Crippen LogP contribution < -0.4 is 5.73 Å². The molecular weight excluding hydrogens is 314 g/mol. The molecule has 1 aromatic heterocycles. The largest absolute Gasteiger partial charge is 0.481 e. The summed E-state index contributed by atoms with van der Waals surface area (Å²) in [6, 6.07) is 15.6. The number of hydrogen-bond acceptors (Lipinski definition) is 3. The lowest BCUT2D eigenvalue weighted by atomic mass is 9.95. The fraction of sp³-hybridized carbons (Fsp3) is 0.200. The number of aromatic nitrogens is 2. The Bertz CT molecular complexity index is 872. The highest BCUT2D eigenvalue weighted by Gasteiger charge is 2.17. The fourth-order valence-corrected chi connectivity index (χ4v) is 2.83. The molecule has 0 fully saturated rings. The maximum atomic E-state index is 11.2. The first-order valence-corrected chi connectivity index (χ1v) is 8.31. The number of benzene rings is 2. The molecule has 0 radical (unpaired) electrons. The van der Waals surface area contributed by atoms with Crippen molar-refractivity contribution >= 4 is 11.7 Å². The Hall–Kier alpha value is -3.08. The van der Waals surface area contributed by atoms with Gasteiger partial charge in [-0.3, -0.25) is 4.79 Å². The van der Waals surface area contributed by atoms with Crippen LogP contribution in [-0.4, -0.2) is 21.0 Å². The Morgan fingerprint density at radius 2 is 1.96 bits per heavy atom. The average Bonchev–Trinajstić information content (AvgIpc) is 3.11. The highest BCUT2D eigenvalue weighted by Crippen LogP contribution is 2.26. The molecule has 3 aromatic rings. The normalized spacial score (nSPS) is 12.0. The van der Waals surface area contributed by atoms with E-state index in [1.807, 2.05) is 61.7 Å². The predicted molar refractivity (Wildman–Crippen MR) is 99.0 cm³/mol. The van der Waals surface area contributed by atoms with Crippen LogP contribution in [0.2, 0.25) is 0 Å². The Labute approximate surface area is 146 Å². The van der Waals surface area contributed by atoms with Gasteiger partial charge in [-0.2, -0.15) is 0 Å². The highest BCUT2D eigenvalue weighted by atomic mass is 16.4. The first-order valence-electron chi connectivity index (χ1n) is 8.31. The smallest absolute Gasteiger partial charge is 0.306 e. The molecule has 1 atom stereocenters. The van der Waals surface area contributed by atoms with Gasteiger partial charge in [-0.05, 0) is 24.5 Å². The van der Waals surface area contributed by atoms with Crippen LogP contribution in [0.1, 0.15) is 18.9 Å². The number of nitrogens with one attached hydrogen (secondary N) is 1. The van der Waals surface area contributed by atoms with E-state index < -0.39 is 11.9 Å². The third kappa shape index (κ3) is 3.71. The van der Waals surface area contributed by atoms with Gasteiger partial charge >= 0.3 is 5.97 Å². The second-order valence-corrected chi connectivity index (χ2v) is 6.06. The number of carbonyl (C=O) groups is 1. The molecule has 3 rings (SSSR count). The third-order valence-corrected chi connectivity index (χ3v) is 4.38. The van der Waals surface area contributed by atoms with E-state index in [4.69, 9.17) is 5.73 Å². The number of nitrogens with two attached hydrogens (primary N) is 1. The van der Waals surface area contributed by atoms with E-state index in [-0.39, 0.29) is 0 Å². The molecule has 0 aliphatic heterocycles. The average molecular weight is 335 g/mol. The molecule has 0 aliphatic rings. The molecule has 0 spiro atoms. The van der Waals surface area contributed by atoms with Crippen LogP contribution in [0.3, 0.4) is 0 Å². The number of aliphatic carboxylic acids is 1. The molecule has 0 aliphatic carbocycles. The van der Waals surface area contributed by atoms with Gasteiger partial charge in [0, 0.05) is 23.0 Å². The maximum Gasteiger partial charge on any atom is 0.306 e. The lowest BCUT2D eigenvalue weighted by molar-refractivity contribution is -0.141. The number of aromatic amines is 1. The van der Waals surface area contributed by atoms with Crippen molar-refractivity contribution in [1.29, 1.82) is 0 Å². The van der Waals surface area contributed by atoms with E-state index in [0.717, 1.165) is 28.2 Å². The van der Waals surface area contributed by atoms with E-state index in [1.54, 1.807) is 0 Å². The van der Waals surface area contributed by atoms with Crippen molar-refractivity contribution in [2.24, 2.45) is 5.92 Å². The van der Waals surface area contributed by atoms with Crippen LogP contribution in [0, 0.1) is 5.92 Å². The Kier molecular flexibility index (Phi) is 4.84. The molecule has 4 N–H and O–H groups in total. The number of imidazole rings is 1. The number of anilines is 1. The molecule has 0 amide bonds. The molecule has 2 aromatic carbocycles. The van der Waals surface area contributed by atoms with Gasteiger partial charge < -0.3 is 15.8 Å². The lowest BCUT2D eigenvalue weighted by Crippen LogP contribution is -2.16. The van der Waals surface area contributed by atoms with Crippen LogP contribution >= 0.6 is 0 Å². The fourth-order valence-electron chi connectivity index (χ4n) is 2.83. The van der Waals surface area contributed by atoms with Crippen molar-refractivity contribution in [1.82, 2.24) is 9.97 Å². The SMILES string of the molecule is CC[C@H](Cc1ccc(-c2nc(-c3ccccc3)c[nH]2)cc1N)C(=O)O. The van der Waals surface area contributed by atoms with Crippen LogP contribution in [0.25, 0.3) is 22.6 Å². The molecule has 5 heteroatoms. The highest BCUT2D eigenvalue weighted by molar-refractivity contribution is 5.72. The summed E-state index contributed by atoms with van der Waals surface area (Å²) in [7, 11) is 0. The zero-order valence-corrected chi connectivity index (χ0v) is 14.1. The minimum atomic E-state index is -0.787. The van der Waals surface area contributed by atoms with E-state index in [0.29, 0.717) is 18.5 Å². The summed E-state index contributed by atoms with van der Waals surface area (Å²) in [6.45, 7) is 1.87. The van der Waals surface area contributed by atoms with Gasteiger partial charge in [-0.25, -0.2) is 4.98 Å². The summed E-state index contributed by atoms with van der Waals surface area (Å²) in [5.74, 6) is -0.465. The molecule has 0 bridgehead atoms. The number of hydrogen-bond donors (Lipinski definition) is 3. The van der Waals surface area contributed by atoms with Gasteiger partial charge in [0.05, 0.1) is 11.6 Å². The summed E-state index contributed by atoms with van der Waals surface area (Å²) >= 11 is 0.